The molecule has 2 bridgehead atoms. The third-order valence-electron chi connectivity index (χ3n) is 8.26. The fourth-order valence-corrected chi connectivity index (χ4v) is 7.51. The van der Waals surface area contributed by atoms with Gasteiger partial charge in [-0.3, -0.25) is 4.90 Å². The zero-order valence-electron chi connectivity index (χ0n) is 18.4. The fraction of sp³-hybridized carbons (Fsp3) is 0.481. The van der Waals surface area contributed by atoms with Gasteiger partial charge in [-0.15, -0.1) is 10.2 Å². The summed E-state index contributed by atoms with van der Waals surface area (Å²) in [5.41, 5.74) is 6.37. The van der Waals surface area contributed by atoms with Crippen LogP contribution in [0.4, 0.5) is 0 Å². The lowest BCUT2D eigenvalue weighted by Crippen LogP contribution is -2.61. The molecule has 0 amide bonds. The van der Waals surface area contributed by atoms with E-state index >= 15 is 0 Å². The van der Waals surface area contributed by atoms with Crippen molar-refractivity contribution in [2.45, 2.75) is 63.3 Å². The molecule has 2 aromatic carbocycles. The maximum Gasteiger partial charge on any atom is 0.147 e. The van der Waals surface area contributed by atoms with Crippen molar-refractivity contribution in [1.82, 2.24) is 15.1 Å². The highest BCUT2D eigenvalue weighted by Crippen LogP contribution is 2.56. The number of rotatable bonds is 4. The van der Waals surface area contributed by atoms with Gasteiger partial charge in [0.15, 0.2) is 0 Å². The molecule has 3 atom stereocenters. The third kappa shape index (κ3) is 3.35. The summed E-state index contributed by atoms with van der Waals surface area (Å²) < 4.78 is 0. The van der Waals surface area contributed by atoms with E-state index in [1.54, 1.807) is 22.5 Å². The fourth-order valence-electron chi connectivity index (χ4n) is 6.83. The largest absolute Gasteiger partial charge is 0.299 e. The highest BCUT2D eigenvalue weighted by molar-refractivity contribution is 7.14. The number of hydrogen-bond acceptors (Lipinski definition) is 4. The summed E-state index contributed by atoms with van der Waals surface area (Å²) in [6.45, 7) is 4.49. The van der Waals surface area contributed by atoms with Gasteiger partial charge in [0.05, 0.1) is 0 Å². The van der Waals surface area contributed by atoms with Crippen molar-refractivity contribution >= 4 is 11.3 Å². The summed E-state index contributed by atoms with van der Waals surface area (Å²) in [4.78, 5) is 2.84. The molecule has 3 aliphatic rings. The Balaban J connectivity index is 1.33. The number of benzene rings is 2. The van der Waals surface area contributed by atoms with Crippen LogP contribution >= 0.6 is 11.3 Å². The predicted octanol–water partition coefficient (Wildman–Crippen LogP) is 5.81. The Labute approximate surface area is 189 Å². The second-order valence-electron chi connectivity index (χ2n) is 9.80. The van der Waals surface area contributed by atoms with E-state index in [0.717, 1.165) is 15.9 Å². The molecule has 160 valence electrons. The van der Waals surface area contributed by atoms with Gasteiger partial charge in [0.2, 0.25) is 0 Å². The average Bonchev–Trinajstić information content (AvgIpc) is 3.25. The van der Waals surface area contributed by atoms with Gasteiger partial charge < -0.3 is 0 Å². The van der Waals surface area contributed by atoms with Crippen LogP contribution in [0.5, 0.6) is 0 Å². The lowest BCUT2D eigenvalue weighted by Gasteiger charge is -2.59. The second-order valence-corrected chi connectivity index (χ2v) is 11.0. The molecule has 2 aliphatic carbocycles. The summed E-state index contributed by atoms with van der Waals surface area (Å²) >= 11 is 1.72. The van der Waals surface area contributed by atoms with Crippen LogP contribution < -0.4 is 0 Å². The molecule has 31 heavy (non-hydrogen) atoms. The van der Waals surface area contributed by atoms with E-state index in [1.165, 1.54) is 69.2 Å². The number of nitrogens with zero attached hydrogens (tertiary/aromatic N) is 3. The van der Waals surface area contributed by atoms with Crippen LogP contribution in [0.3, 0.4) is 0 Å². The van der Waals surface area contributed by atoms with E-state index in [1.807, 2.05) is 6.92 Å². The van der Waals surface area contributed by atoms with Gasteiger partial charge in [0.1, 0.15) is 10.0 Å². The van der Waals surface area contributed by atoms with Crippen LogP contribution in [0.1, 0.15) is 53.8 Å². The molecule has 1 saturated carbocycles. The normalized spacial score (nSPS) is 27.5. The maximum atomic E-state index is 4.44. The molecule has 3 aromatic rings. The van der Waals surface area contributed by atoms with Crippen molar-refractivity contribution in [2.75, 3.05) is 13.1 Å². The minimum absolute atomic E-state index is 0.384. The number of aromatic nitrogens is 2. The van der Waals surface area contributed by atoms with E-state index in [-0.39, 0.29) is 0 Å². The highest BCUT2D eigenvalue weighted by Gasteiger charge is 2.53. The first-order chi connectivity index (χ1) is 15.2. The van der Waals surface area contributed by atoms with Crippen molar-refractivity contribution in [3.8, 4) is 10.6 Å². The summed E-state index contributed by atoms with van der Waals surface area (Å²) in [5.74, 6) is 0.810. The molecule has 2 fully saturated rings. The Kier molecular flexibility index (Phi) is 4.96. The molecule has 2 heterocycles. The Hall–Kier alpha value is -2.04. The molecule has 1 aliphatic heterocycles. The van der Waals surface area contributed by atoms with Crippen molar-refractivity contribution in [2.24, 2.45) is 5.92 Å². The summed E-state index contributed by atoms with van der Waals surface area (Å²) in [5, 5.41) is 10.8. The molecule has 1 saturated heterocycles. The van der Waals surface area contributed by atoms with Crippen molar-refractivity contribution < 1.29 is 0 Å². The number of aryl methyl sites for hydroxylation is 1. The molecule has 0 N–H and O–H groups in total. The zero-order valence-corrected chi connectivity index (χ0v) is 19.2. The van der Waals surface area contributed by atoms with Gasteiger partial charge >= 0.3 is 0 Å². The number of piperidine rings is 1. The number of likely N-dealkylation sites (tertiary alicyclic amines) is 1. The van der Waals surface area contributed by atoms with Crippen molar-refractivity contribution in [3.63, 3.8) is 0 Å². The topological polar surface area (TPSA) is 29.0 Å². The summed E-state index contributed by atoms with van der Waals surface area (Å²) in [6.07, 6.45) is 9.25. The van der Waals surface area contributed by atoms with Crippen LogP contribution in [0.25, 0.3) is 10.6 Å². The molecule has 0 radical (unpaired) electrons. The quantitative estimate of drug-likeness (QED) is 0.524. The van der Waals surface area contributed by atoms with Gasteiger partial charge in [-0.1, -0.05) is 66.6 Å². The van der Waals surface area contributed by atoms with E-state index < -0.39 is 0 Å². The Morgan fingerprint density at radius 2 is 1.97 bits per heavy atom. The van der Waals surface area contributed by atoms with Crippen molar-refractivity contribution in [1.29, 1.82) is 0 Å². The van der Waals surface area contributed by atoms with Crippen LogP contribution in [0.2, 0.25) is 0 Å². The maximum absolute atomic E-state index is 4.44. The summed E-state index contributed by atoms with van der Waals surface area (Å²) in [6, 6.07) is 18.9. The molecular weight excluding hydrogens is 398 g/mol. The lowest BCUT2D eigenvalue weighted by atomic mass is 9.52. The molecule has 6 rings (SSSR count). The van der Waals surface area contributed by atoms with Gasteiger partial charge in [-0.05, 0) is 74.2 Å². The van der Waals surface area contributed by atoms with Crippen molar-refractivity contribution in [3.05, 3.63) is 70.2 Å². The highest BCUT2D eigenvalue weighted by atomic mass is 32.1. The van der Waals surface area contributed by atoms with Crippen LogP contribution in [-0.2, 0) is 18.3 Å². The third-order valence-corrected chi connectivity index (χ3v) is 9.14. The predicted molar refractivity (Wildman–Crippen MR) is 128 cm³/mol. The SMILES string of the molecule is Cc1nnc(-c2ccc3c(c2)[C@]24CCCCC2[C@H](C3)N(CCc2ccccc2)CC4)s1. The Bertz CT molecular complexity index is 1080. The van der Waals surface area contributed by atoms with Gasteiger partial charge in [-0.2, -0.15) is 0 Å². The molecule has 1 aromatic heterocycles. The zero-order chi connectivity index (χ0) is 20.8. The van der Waals surface area contributed by atoms with Crippen LogP contribution in [-0.4, -0.2) is 34.2 Å². The smallest absolute Gasteiger partial charge is 0.147 e. The number of hydrogen-bond donors (Lipinski definition) is 0. The van der Waals surface area contributed by atoms with E-state index in [2.05, 4.69) is 63.6 Å². The van der Waals surface area contributed by atoms with E-state index in [0.29, 0.717) is 11.5 Å². The minimum Gasteiger partial charge on any atom is -0.299 e. The number of fused-ring (bicyclic) bond motifs is 1. The van der Waals surface area contributed by atoms with Gasteiger partial charge in [0.25, 0.3) is 0 Å². The minimum atomic E-state index is 0.384. The molecule has 3 nitrogen and oxygen atoms in total. The first-order valence-corrected chi connectivity index (χ1v) is 12.8. The molecule has 4 heteroatoms. The van der Waals surface area contributed by atoms with Gasteiger partial charge in [-0.25, -0.2) is 0 Å². The first kappa shape index (κ1) is 19.6. The Morgan fingerprint density at radius 3 is 2.81 bits per heavy atom. The van der Waals surface area contributed by atoms with Crippen LogP contribution in [0, 0.1) is 12.8 Å². The molecule has 1 unspecified atom stereocenters. The average molecular weight is 430 g/mol. The monoisotopic (exact) mass is 429 g/mol. The molecular formula is C27H31N3S. The first-order valence-electron chi connectivity index (χ1n) is 11.9. The lowest BCUT2D eigenvalue weighted by molar-refractivity contribution is -0.0105. The van der Waals surface area contributed by atoms with E-state index in [4.69, 9.17) is 0 Å². The standard InChI is InChI=1S/C27H31N3S/c1-19-28-29-26(31-19)22-11-10-21-18-25-23-9-5-6-13-27(23,24(21)17-22)14-16-30(25)15-12-20-7-3-2-4-8-20/h2-4,7-8,10-11,17,23,25H,5-6,9,12-16,18H2,1H3/t23?,25-,27-/m0/s1. The molecule has 0 spiro atoms. The van der Waals surface area contributed by atoms with Crippen LogP contribution in [0.15, 0.2) is 48.5 Å². The second kappa shape index (κ2) is 7.83. The van der Waals surface area contributed by atoms with Gasteiger partial charge in [0, 0.05) is 23.6 Å². The van der Waals surface area contributed by atoms with E-state index in [9.17, 15) is 0 Å². The summed E-state index contributed by atoms with van der Waals surface area (Å²) in [7, 11) is 0. The Morgan fingerprint density at radius 1 is 1.06 bits per heavy atom.